The average molecular weight is 383 g/mol. The van der Waals surface area contributed by atoms with Crippen molar-refractivity contribution in [3.8, 4) is 0 Å². The van der Waals surface area contributed by atoms with Crippen molar-refractivity contribution in [3.63, 3.8) is 0 Å². The number of esters is 1. The minimum atomic E-state index is -3.58. The number of rotatable bonds is 5. The second kappa shape index (κ2) is 6.48. The van der Waals surface area contributed by atoms with E-state index < -0.39 is 19.9 Å². The van der Waals surface area contributed by atoms with Crippen LogP contribution in [0.4, 0.5) is 0 Å². The van der Waals surface area contributed by atoms with Crippen LogP contribution >= 0.6 is 22.6 Å². The summed E-state index contributed by atoms with van der Waals surface area (Å²) in [6.45, 7) is 1.82. The zero-order valence-corrected chi connectivity index (χ0v) is 13.0. The molecule has 0 radical (unpaired) electrons. The Morgan fingerprint density at radius 1 is 1.50 bits per heavy atom. The van der Waals surface area contributed by atoms with Gasteiger partial charge in [-0.15, -0.1) is 0 Å². The van der Waals surface area contributed by atoms with Gasteiger partial charge in [-0.1, -0.05) is 34.7 Å². The number of carbonyl (C=O) groups excluding carboxylic acids is 1. The zero-order valence-electron chi connectivity index (χ0n) is 10.0. The predicted octanol–water partition coefficient (Wildman–Crippen LogP) is 1.25. The molecule has 0 saturated carbocycles. The van der Waals surface area contributed by atoms with Gasteiger partial charge in [0.25, 0.3) is 0 Å². The van der Waals surface area contributed by atoms with Crippen LogP contribution in [-0.2, 0) is 19.6 Å². The van der Waals surface area contributed by atoms with E-state index >= 15 is 0 Å². The van der Waals surface area contributed by atoms with Crippen molar-refractivity contribution >= 4 is 38.6 Å². The van der Waals surface area contributed by atoms with Crippen molar-refractivity contribution in [2.45, 2.75) is 15.7 Å². The van der Waals surface area contributed by atoms with Crippen molar-refractivity contribution in [3.05, 3.63) is 29.8 Å². The number of carbonyl (C=O) groups is 1. The van der Waals surface area contributed by atoms with E-state index in [4.69, 9.17) is 0 Å². The van der Waals surface area contributed by atoms with Crippen LogP contribution in [0.2, 0.25) is 0 Å². The monoisotopic (exact) mass is 383 g/mol. The first-order valence-electron chi connectivity index (χ1n) is 5.15. The minimum absolute atomic E-state index is 0.00348. The number of nitrogens with one attached hydrogen (secondary N) is 1. The Balaban J connectivity index is 2.75. The summed E-state index contributed by atoms with van der Waals surface area (Å²) >= 11 is 1.83. The lowest BCUT2D eigenvalue weighted by molar-refractivity contribution is -0.139. The molecule has 0 aromatic heterocycles. The number of ether oxygens (including phenoxy) is 1. The van der Waals surface area contributed by atoms with E-state index in [-0.39, 0.29) is 11.4 Å². The Bertz CT molecular complexity index is 530. The number of halogens is 1. The van der Waals surface area contributed by atoms with Gasteiger partial charge in [0.2, 0.25) is 10.0 Å². The van der Waals surface area contributed by atoms with Gasteiger partial charge in [-0.25, -0.2) is 13.1 Å². The van der Waals surface area contributed by atoms with E-state index in [1.807, 2.05) is 35.6 Å². The van der Waals surface area contributed by atoms with Gasteiger partial charge in [0.15, 0.2) is 0 Å². The highest BCUT2D eigenvalue weighted by molar-refractivity contribution is 14.1. The van der Waals surface area contributed by atoms with Crippen LogP contribution in [0.25, 0.3) is 0 Å². The first-order chi connectivity index (χ1) is 8.36. The molecule has 0 amide bonds. The Kier molecular flexibility index (Phi) is 5.54. The van der Waals surface area contributed by atoms with Gasteiger partial charge >= 0.3 is 5.97 Å². The number of hydrogen-bond donors (Lipinski definition) is 1. The minimum Gasteiger partial charge on any atom is -0.468 e. The molecule has 7 heteroatoms. The third-order valence-corrected chi connectivity index (χ3v) is 4.58. The average Bonchev–Trinajstić information content (AvgIpc) is 2.35. The fraction of sp³-hybridized carbons (Fsp3) is 0.364. The molecule has 1 aromatic rings. The van der Waals surface area contributed by atoms with Crippen LogP contribution in [0.15, 0.2) is 29.2 Å². The van der Waals surface area contributed by atoms with Crippen molar-refractivity contribution in [1.82, 2.24) is 4.72 Å². The van der Waals surface area contributed by atoms with Crippen molar-refractivity contribution < 1.29 is 17.9 Å². The summed E-state index contributed by atoms with van der Waals surface area (Å²) in [5, 5.41) is 0. The highest BCUT2D eigenvalue weighted by atomic mass is 127. The quantitative estimate of drug-likeness (QED) is 0.472. The number of alkyl halides is 1. The normalized spacial score (nSPS) is 13.1. The molecule has 1 N–H and O–H groups in total. The van der Waals surface area contributed by atoms with Crippen molar-refractivity contribution in [1.29, 1.82) is 0 Å². The molecule has 1 rings (SSSR count). The number of benzene rings is 1. The van der Waals surface area contributed by atoms with Gasteiger partial charge in [-0.05, 0) is 24.6 Å². The van der Waals surface area contributed by atoms with E-state index in [0.717, 1.165) is 5.56 Å². The molecule has 0 spiro atoms. The van der Waals surface area contributed by atoms with E-state index in [0.29, 0.717) is 0 Å². The standard InChI is InChI=1S/C11H14INO4S/c1-8-4-3-5-9(6-8)18(15,16)13-7-10(12)11(14)17-2/h3-6,10,13H,7H2,1-2H3. The molecule has 5 nitrogen and oxygen atoms in total. The van der Waals surface area contributed by atoms with Crippen LogP contribution < -0.4 is 4.72 Å². The van der Waals surface area contributed by atoms with Gasteiger partial charge in [0, 0.05) is 6.54 Å². The molecule has 0 aliphatic rings. The largest absolute Gasteiger partial charge is 0.468 e. The summed E-state index contributed by atoms with van der Waals surface area (Å²) in [7, 11) is -2.32. The molecule has 18 heavy (non-hydrogen) atoms. The number of methoxy groups -OCH3 is 1. The third kappa shape index (κ3) is 4.21. The molecular formula is C11H14INO4S. The van der Waals surface area contributed by atoms with Gasteiger partial charge in [-0.3, -0.25) is 4.79 Å². The number of hydrogen-bond acceptors (Lipinski definition) is 4. The molecule has 1 aromatic carbocycles. The van der Waals surface area contributed by atoms with Crippen LogP contribution in [-0.4, -0.2) is 32.0 Å². The summed E-state index contributed by atoms with van der Waals surface area (Å²) in [6, 6.07) is 6.57. The lowest BCUT2D eigenvalue weighted by atomic mass is 10.2. The maximum atomic E-state index is 11.9. The third-order valence-electron chi connectivity index (χ3n) is 2.21. The lowest BCUT2D eigenvalue weighted by Crippen LogP contribution is -2.33. The SMILES string of the molecule is COC(=O)C(I)CNS(=O)(=O)c1cccc(C)c1. The predicted molar refractivity (Wildman–Crippen MR) is 76.2 cm³/mol. The summed E-state index contributed by atoms with van der Waals surface area (Å²) in [4.78, 5) is 11.3. The Morgan fingerprint density at radius 2 is 2.17 bits per heavy atom. The molecule has 0 aliphatic heterocycles. The van der Waals surface area contributed by atoms with E-state index in [2.05, 4.69) is 9.46 Å². The Hall–Kier alpha value is -0.670. The fourth-order valence-electron chi connectivity index (χ4n) is 1.26. The van der Waals surface area contributed by atoms with Crippen LogP contribution in [0.3, 0.4) is 0 Å². The Labute approximate surface area is 120 Å². The van der Waals surface area contributed by atoms with Crippen LogP contribution in [0.5, 0.6) is 0 Å². The molecule has 0 bridgehead atoms. The highest BCUT2D eigenvalue weighted by Crippen LogP contribution is 2.11. The van der Waals surface area contributed by atoms with Gasteiger partial charge in [-0.2, -0.15) is 0 Å². The molecule has 0 heterocycles. The van der Waals surface area contributed by atoms with E-state index in [1.54, 1.807) is 12.1 Å². The van der Waals surface area contributed by atoms with Crippen LogP contribution in [0, 0.1) is 6.92 Å². The molecule has 0 saturated heterocycles. The summed E-state index contributed by atoms with van der Waals surface area (Å²) in [5.41, 5.74) is 0.858. The fourth-order valence-corrected chi connectivity index (χ4v) is 3.18. The van der Waals surface area contributed by atoms with E-state index in [9.17, 15) is 13.2 Å². The van der Waals surface area contributed by atoms with Gasteiger partial charge in [0.1, 0.15) is 3.92 Å². The van der Waals surface area contributed by atoms with Crippen molar-refractivity contribution in [2.24, 2.45) is 0 Å². The number of sulfonamides is 1. The first-order valence-corrected chi connectivity index (χ1v) is 7.88. The molecular weight excluding hydrogens is 369 g/mol. The lowest BCUT2D eigenvalue weighted by Gasteiger charge is -2.10. The molecule has 1 atom stereocenters. The maximum absolute atomic E-state index is 11.9. The maximum Gasteiger partial charge on any atom is 0.319 e. The topological polar surface area (TPSA) is 72.5 Å². The zero-order chi connectivity index (χ0) is 13.8. The van der Waals surface area contributed by atoms with Gasteiger partial charge in [0.05, 0.1) is 12.0 Å². The smallest absolute Gasteiger partial charge is 0.319 e. The first kappa shape index (κ1) is 15.4. The van der Waals surface area contributed by atoms with E-state index in [1.165, 1.54) is 13.2 Å². The second-order valence-corrected chi connectivity index (χ2v) is 6.93. The van der Waals surface area contributed by atoms with Crippen molar-refractivity contribution in [2.75, 3.05) is 13.7 Å². The Morgan fingerprint density at radius 3 is 2.72 bits per heavy atom. The molecule has 0 aliphatic carbocycles. The van der Waals surface area contributed by atoms with Gasteiger partial charge < -0.3 is 4.74 Å². The number of aryl methyl sites for hydroxylation is 1. The summed E-state index contributed by atoms with van der Waals surface area (Å²) < 4.78 is 30.2. The van der Waals surface area contributed by atoms with Crippen LogP contribution in [0.1, 0.15) is 5.56 Å². The molecule has 100 valence electrons. The molecule has 0 fully saturated rings. The second-order valence-electron chi connectivity index (χ2n) is 3.66. The highest BCUT2D eigenvalue weighted by Gasteiger charge is 2.20. The summed E-state index contributed by atoms with van der Waals surface area (Å²) in [6.07, 6.45) is 0. The summed E-state index contributed by atoms with van der Waals surface area (Å²) in [5.74, 6) is -0.456. The molecule has 1 unspecified atom stereocenters.